The van der Waals surface area contributed by atoms with Gasteiger partial charge in [0.2, 0.25) is 0 Å². The highest BCUT2D eigenvalue weighted by atomic mass is 16.6. The summed E-state index contributed by atoms with van der Waals surface area (Å²) < 4.78 is 12.0. The summed E-state index contributed by atoms with van der Waals surface area (Å²) in [4.78, 5) is 25.6. The molecule has 0 spiro atoms. The first-order valence-electron chi connectivity index (χ1n) is 10.7. The molecule has 2 aromatic carbocycles. The standard InChI is InChI=1S/C25H26O4/c1-15-12-13-18-19-14-20(21(15)18)23(29-25(27)17-10-6-3-7-11-17)22(19)28-24(26)16-8-4-2-5-9-16/h2-11,15,18-23H,12-14H2,1H3/t15?,18?,19-,20?,21?,22?,23?/m1/s1. The smallest absolute Gasteiger partial charge is 0.338 e. The predicted molar refractivity (Wildman–Crippen MR) is 108 cm³/mol. The normalized spacial score (nSPS) is 34.6. The van der Waals surface area contributed by atoms with Crippen LogP contribution in [0, 0.1) is 29.6 Å². The summed E-state index contributed by atoms with van der Waals surface area (Å²) in [6.45, 7) is 2.31. The molecule has 0 heterocycles. The van der Waals surface area contributed by atoms with Gasteiger partial charge in [-0.1, -0.05) is 49.7 Å². The second-order valence-corrected chi connectivity index (χ2v) is 8.83. The van der Waals surface area contributed by atoms with Crippen LogP contribution in [0.5, 0.6) is 0 Å². The molecule has 0 aliphatic heterocycles. The molecule has 0 saturated heterocycles. The average molecular weight is 390 g/mol. The number of hydrogen-bond acceptors (Lipinski definition) is 4. The summed E-state index contributed by atoms with van der Waals surface area (Å²) >= 11 is 0. The van der Waals surface area contributed by atoms with E-state index >= 15 is 0 Å². The number of fused-ring (bicyclic) bond motifs is 5. The van der Waals surface area contributed by atoms with Gasteiger partial charge in [0.15, 0.2) is 0 Å². The van der Waals surface area contributed by atoms with Gasteiger partial charge in [-0.05, 0) is 54.9 Å². The third kappa shape index (κ3) is 3.15. The van der Waals surface area contributed by atoms with Gasteiger partial charge in [-0.3, -0.25) is 0 Å². The van der Waals surface area contributed by atoms with Crippen molar-refractivity contribution in [1.82, 2.24) is 0 Å². The molecule has 2 aromatic rings. The van der Waals surface area contributed by atoms with Gasteiger partial charge < -0.3 is 9.47 Å². The zero-order valence-corrected chi connectivity index (χ0v) is 16.6. The molecule has 3 aliphatic carbocycles. The molecule has 6 unspecified atom stereocenters. The lowest BCUT2D eigenvalue weighted by Crippen LogP contribution is -2.46. The van der Waals surface area contributed by atoms with Crippen LogP contribution in [-0.4, -0.2) is 24.1 Å². The van der Waals surface area contributed by atoms with Crippen molar-refractivity contribution in [2.75, 3.05) is 0 Å². The fraction of sp³-hybridized carbons (Fsp3) is 0.440. The number of hydrogen-bond donors (Lipinski definition) is 0. The monoisotopic (exact) mass is 390 g/mol. The first-order valence-corrected chi connectivity index (χ1v) is 10.7. The molecule has 3 saturated carbocycles. The van der Waals surface area contributed by atoms with E-state index in [0.717, 1.165) is 6.42 Å². The Morgan fingerprint density at radius 1 is 0.724 bits per heavy atom. The second kappa shape index (κ2) is 7.33. The molecule has 0 radical (unpaired) electrons. The highest BCUT2D eigenvalue weighted by molar-refractivity contribution is 5.90. The van der Waals surface area contributed by atoms with Gasteiger partial charge in [0.25, 0.3) is 0 Å². The number of carbonyl (C=O) groups excluding carboxylic acids is 2. The fourth-order valence-corrected chi connectivity index (χ4v) is 6.21. The van der Waals surface area contributed by atoms with Crippen LogP contribution in [-0.2, 0) is 9.47 Å². The zero-order valence-electron chi connectivity index (χ0n) is 16.6. The van der Waals surface area contributed by atoms with Gasteiger partial charge in [-0.25, -0.2) is 9.59 Å². The molecule has 4 nitrogen and oxygen atoms in total. The quantitative estimate of drug-likeness (QED) is 0.707. The van der Waals surface area contributed by atoms with Crippen molar-refractivity contribution in [3.63, 3.8) is 0 Å². The third-order valence-electron chi connectivity index (χ3n) is 7.37. The summed E-state index contributed by atoms with van der Waals surface area (Å²) in [5, 5.41) is 0. The van der Waals surface area contributed by atoms with Crippen LogP contribution in [0.25, 0.3) is 0 Å². The Kier molecular flexibility index (Phi) is 4.65. The summed E-state index contributed by atoms with van der Waals surface area (Å²) in [6, 6.07) is 18.1. The maximum Gasteiger partial charge on any atom is 0.338 e. The molecule has 150 valence electrons. The maximum absolute atomic E-state index is 12.8. The van der Waals surface area contributed by atoms with E-state index in [-0.39, 0.29) is 36.0 Å². The molecule has 7 atom stereocenters. The largest absolute Gasteiger partial charge is 0.455 e. The van der Waals surface area contributed by atoms with Crippen LogP contribution >= 0.6 is 0 Å². The number of benzene rings is 2. The van der Waals surface area contributed by atoms with Crippen LogP contribution in [0.1, 0.15) is 46.9 Å². The van der Waals surface area contributed by atoms with Gasteiger partial charge in [0, 0.05) is 11.8 Å². The number of rotatable bonds is 4. The van der Waals surface area contributed by atoms with Crippen molar-refractivity contribution in [3.05, 3.63) is 71.8 Å². The van der Waals surface area contributed by atoms with E-state index in [1.54, 1.807) is 24.3 Å². The van der Waals surface area contributed by atoms with E-state index in [1.165, 1.54) is 12.8 Å². The second-order valence-electron chi connectivity index (χ2n) is 8.83. The lowest BCUT2D eigenvalue weighted by molar-refractivity contribution is -0.0801. The van der Waals surface area contributed by atoms with E-state index in [1.807, 2.05) is 36.4 Å². The van der Waals surface area contributed by atoms with Crippen LogP contribution < -0.4 is 0 Å². The van der Waals surface area contributed by atoms with Gasteiger partial charge in [-0.15, -0.1) is 0 Å². The minimum absolute atomic E-state index is 0.281. The molecule has 2 bridgehead atoms. The molecule has 3 aliphatic rings. The highest BCUT2D eigenvalue weighted by Crippen LogP contribution is 2.62. The van der Waals surface area contributed by atoms with E-state index in [9.17, 15) is 9.59 Å². The molecule has 0 N–H and O–H groups in total. The lowest BCUT2D eigenvalue weighted by Gasteiger charge is -2.38. The van der Waals surface area contributed by atoms with E-state index in [0.29, 0.717) is 28.9 Å². The van der Waals surface area contributed by atoms with Gasteiger partial charge in [0.1, 0.15) is 12.2 Å². The summed E-state index contributed by atoms with van der Waals surface area (Å²) in [6.07, 6.45) is 2.67. The van der Waals surface area contributed by atoms with Crippen LogP contribution in [0.15, 0.2) is 60.7 Å². The van der Waals surface area contributed by atoms with Crippen molar-refractivity contribution < 1.29 is 19.1 Å². The minimum Gasteiger partial charge on any atom is -0.455 e. The van der Waals surface area contributed by atoms with Gasteiger partial charge in [0.05, 0.1) is 11.1 Å². The van der Waals surface area contributed by atoms with E-state index in [2.05, 4.69) is 6.92 Å². The van der Waals surface area contributed by atoms with Crippen molar-refractivity contribution in [1.29, 1.82) is 0 Å². The topological polar surface area (TPSA) is 52.6 Å². The Morgan fingerprint density at radius 3 is 1.79 bits per heavy atom. The van der Waals surface area contributed by atoms with Crippen molar-refractivity contribution in [3.8, 4) is 0 Å². The molecule has 3 fully saturated rings. The molecular formula is C25H26O4. The number of carbonyl (C=O) groups is 2. The Morgan fingerprint density at radius 2 is 1.24 bits per heavy atom. The van der Waals surface area contributed by atoms with E-state index in [4.69, 9.17) is 9.47 Å². The van der Waals surface area contributed by atoms with Crippen molar-refractivity contribution in [2.24, 2.45) is 29.6 Å². The fourth-order valence-electron chi connectivity index (χ4n) is 6.21. The molecule has 5 rings (SSSR count). The molecular weight excluding hydrogens is 364 g/mol. The maximum atomic E-state index is 12.8. The third-order valence-corrected chi connectivity index (χ3v) is 7.37. The van der Waals surface area contributed by atoms with Crippen molar-refractivity contribution >= 4 is 11.9 Å². The first kappa shape index (κ1) is 18.4. The van der Waals surface area contributed by atoms with Crippen molar-refractivity contribution in [2.45, 2.75) is 38.4 Å². The van der Waals surface area contributed by atoms with Crippen LogP contribution in [0.3, 0.4) is 0 Å². The Hall–Kier alpha value is -2.62. The molecule has 29 heavy (non-hydrogen) atoms. The highest BCUT2D eigenvalue weighted by Gasteiger charge is 2.63. The lowest BCUT2D eigenvalue weighted by atomic mass is 9.75. The van der Waals surface area contributed by atoms with Crippen LogP contribution in [0.2, 0.25) is 0 Å². The molecule has 0 amide bonds. The van der Waals surface area contributed by atoms with Gasteiger partial charge in [-0.2, -0.15) is 0 Å². The Balaban J connectivity index is 1.40. The van der Waals surface area contributed by atoms with Crippen LogP contribution in [0.4, 0.5) is 0 Å². The number of ether oxygens (including phenoxy) is 2. The Bertz CT molecular complexity index is 894. The molecule has 0 aromatic heterocycles. The Labute approximate surface area is 171 Å². The predicted octanol–water partition coefficient (Wildman–Crippen LogP) is 4.75. The SMILES string of the molecule is CC1CCC2C1C1C[C@H]2C(OC(=O)c2ccccc2)C1OC(=O)c1ccccc1. The average Bonchev–Trinajstić information content (AvgIpc) is 3.42. The molecule has 4 heteroatoms. The summed E-state index contributed by atoms with van der Waals surface area (Å²) in [5.74, 6) is 1.70. The number of esters is 2. The zero-order chi connectivity index (χ0) is 20.0. The minimum atomic E-state index is -0.359. The first-order chi connectivity index (χ1) is 14.1. The van der Waals surface area contributed by atoms with Gasteiger partial charge >= 0.3 is 11.9 Å². The van der Waals surface area contributed by atoms with E-state index < -0.39 is 0 Å². The summed E-state index contributed by atoms with van der Waals surface area (Å²) in [5.41, 5.74) is 1.08. The summed E-state index contributed by atoms with van der Waals surface area (Å²) in [7, 11) is 0.